The lowest BCUT2D eigenvalue weighted by molar-refractivity contribution is 0.399. The monoisotopic (exact) mass is 583 g/mol. The van der Waals surface area contributed by atoms with E-state index in [1.165, 1.54) is 21.9 Å². The normalized spacial score (nSPS) is 12.3. The molecule has 0 aliphatic heterocycles. The van der Waals surface area contributed by atoms with E-state index in [4.69, 9.17) is 18.9 Å². The van der Waals surface area contributed by atoms with Crippen LogP contribution in [0.3, 0.4) is 0 Å². The molecule has 1 heterocycles. The van der Waals surface area contributed by atoms with Crippen LogP contribution in [-0.2, 0) is 10.8 Å². The second-order valence-corrected chi connectivity index (χ2v) is 14.5. The summed E-state index contributed by atoms with van der Waals surface area (Å²) >= 11 is 0. The Hall–Kier alpha value is -3.69. The Morgan fingerprint density at radius 1 is 0.500 bits per heavy atom. The third-order valence-corrected chi connectivity index (χ3v) is 10.5. The molecule has 0 radical (unpaired) electrons. The summed E-state index contributed by atoms with van der Waals surface area (Å²) in [4.78, 5) is 0. The first kappa shape index (κ1) is 29.8. The molecule has 4 aromatic carbocycles. The molecule has 5 aromatic rings. The highest BCUT2D eigenvalue weighted by atomic mass is 31.1. The molecular formula is C36H42NO4P. The van der Waals surface area contributed by atoms with Crippen LogP contribution in [0.1, 0.15) is 52.7 Å². The number of aromatic nitrogens is 1. The van der Waals surface area contributed by atoms with Crippen LogP contribution in [0.15, 0.2) is 72.8 Å². The quantitative estimate of drug-likeness (QED) is 0.181. The third-order valence-electron chi connectivity index (χ3n) is 7.90. The van der Waals surface area contributed by atoms with Crippen LogP contribution >= 0.6 is 8.07 Å². The Balaban J connectivity index is 2.02. The maximum atomic E-state index is 6.03. The zero-order valence-electron chi connectivity index (χ0n) is 26.5. The second kappa shape index (κ2) is 11.2. The highest BCUT2D eigenvalue weighted by Crippen LogP contribution is 2.52. The Morgan fingerprint density at radius 2 is 0.833 bits per heavy atom. The average Bonchev–Trinajstić information content (AvgIpc) is 3.29. The van der Waals surface area contributed by atoms with E-state index < -0.39 is 8.07 Å². The largest absolute Gasteiger partial charge is 0.496 e. The van der Waals surface area contributed by atoms with Crippen molar-refractivity contribution in [3.05, 3.63) is 83.9 Å². The van der Waals surface area contributed by atoms with Crippen LogP contribution in [0.25, 0.3) is 21.8 Å². The molecule has 0 unspecified atom stereocenters. The lowest BCUT2D eigenvalue weighted by Crippen LogP contribution is -2.23. The van der Waals surface area contributed by atoms with Gasteiger partial charge in [0.05, 0.1) is 58.2 Å². The van der Waals surface area contributed by atoms with Crippen molar-refractivity contribution in [1.82, 2.24) is 4.34 Å². The Morgan fingerprint density at radius 3 is 1.12 bits per heavy atom. The van der Waals surface area contributed by atoms with E-state index in [1.54, 1.807) is 28.4 Å². The molecule has 0 saturated heterocycles. The van der Waals surface area contributed by atoms with E-state index in [2.05, 4.69) is 82.3 Å². The summed E-state index contributed by atoms with van der Waals surface area (Å²) in [6.07, 6.45) is 0. The van der Waals surface area contributed by atoms with Crippen molar-refractivity contribution >= 4 is 40.5 Å². The van der Waals surface area contributed by atoms with E-state index in [-0.39, 0.29) is 10.8 Å². The highest BCUT2D eigenvalue weighted by molar-refractivity contribution is 7.72. The van der Waals surface area contributed by atoms with Crippen molar-refractivity contribution < 1.29 is 18.9 Å². The number of benzene rings is 4. The van der Waals surface area contributed by atoms with E-state index in [9.17, 15) is 0 Å². The first-order chi connectivity index (χ1) is 19.9. The van der Waals surface area contributed by atoms with Crippen molar-refractivity contribution in [3.8, 4) is 23.0 Å². The Kier molecular flexibility index (Phi) is 7.94. The minimum atomic E-state index is -1.37. The predicted molar refractivity (Wildman–Crippen MR) is 178 cm³/mol. The van der Waals surface area contributed by atoms with Crippen LogP contribution in [0.5, 0.6) is 23.0 Å². The van der Waals surface area contributed by atoms with Gasteiger partial charge >= 0.3 is 0 Å². The van der Waals surface area contributed by atoms with Gasteiger partial charge in [-0.25, -0.2) is 0 Å². The minimum Gasteiger partial charge on any atom is -0.496 e. The predicted octanol–water partition coefficient (Wildman–Crippen LogP) is 8.32. The van der Waals surface area contributed by atoms with Gasteiger partial charge in [0.25, 0.3) is 0 Å². The molecule has 42 heavy (non-hydrogen) atoms. The van der Waals surface area contributed by atoms with E-state index >= 15 is 0 Å². The van der Waals surface area contributed by atoms with Crippen molar-refractivity contribution in [2.45, 2.75) is 52.4 Å². The van der Waals surface area contributed by atoms with Gasteiger partial charge in [-0.05, 0) is 70.5 Å². The fourth-order valence-corrected chi connectivity index (χ4v) is 8.45. The summed E-state index contributed by atoms with van der Waals surface area (Å²) < 4.78 is 26.6. The first-order valence-electron chi connectivity index (χ1n) is 14.3. The fraction of sp³-hybridized carbons (Fsp3) is 0.333. The average molecular weight is 584 g/mol. The number of hydrogen-bond donors (Lipinski definition) is 0. The van der Waals surface area contributed by atoms with Gasteiger partial charge in [-0.3, -0.25) is 0 Å². The third kappa shape index (κ3) is 5.09. The molecule has 0 fully saturated rings. The SMILES string of the molecule is COc1cccc(OC)c1P(c1c(OC)cccc1OC)n1c2ccc(C(C)(C)C)cc2c2cc(C(C)(C)C)ccc21. The summed E-state index contributed by atoms with van der Waals surface area (Å²) in [5, 5.41) is 4.36. The van der Waals surface area contributed by atoms with Gasteiger partial charge in [0, 0.05) is 10.8 Å². The lowest BCUT2D eigenvalue weighted by Gasteiger charge is -2.28. The zero-order valence-corrected chi connectivity index (χ0v) is 27.4. The van der Waals surface area contributed by atoms with Gasteiger partial charge in [-0.15, -0.1) is 0 Å². The second-order valence-electron chi connectivity index (χ2n) is 12.6. The number of fused-ring (bicyclic) bond motifs is 3. The molecule has 0 amide bonds. The molecule has 0 aliphatic carbocycles. The van der Waals surface area contributed by atoms with E-state index in [0.29, 0.717) is 0 Å². The molecule has 0 atom stereocenters. The summed E-state index contributed by atoms with van der Waals surface area (Å²) in [5.41, 5.74) is 4.88. The standard InChI is InChI=1S/C36H42NO4P/c1-35(2,3)23-17-19-27-25(21-23)26-22-24(36(4,5)6)18-20-28(26)37(27)42(33-29(38-7)13-11-14-30(33)39-8)34-31(40-9)15-12-16-32(34)41-10/h11-22H,1-10H3. The summed E-state index contributed by atoms with van der Waals surface area (Å²) in [7, 11) is 5.47. The van der Waals surface area contributed by atoms with Crippen LogP contribution < -0.4 is 29.6 Å². The van der Waals surface area contributed by atoms with Crippen LogP contribution in [-0.4, -0.2) is 32.8 Å². The first-order valence-corrected chi connectivity index (χ1v) is 15.6. The van der Waals surface area contributed by atoms with Gasteiger partial charge in [0.2, 0.25) is 0 Å². The summed E-state index contributed by atoms with van der Waals surface area (Å²) in [6.45, 7) is 13.6. The lowest BCUT2D eigenvalue weighted by atomic mass is 9.85. The molecular weight excluding hydrogens is 541 g/mol. The van der Waals surface area contributed by atoms with E-state index in [0.717, 1.165) is 44.6 Å². The molecule has 5 nitrogen and oxygen atoms in total. The summed E-state index contributed by atoms with van der Waals surface area (Å²) in [6, 6.07) is 25.7. The van der Waals surface area contributed by atoms with Crippen molar-refractivity contribution in [2.24, 2.45) is 0 Å². The maximum absolute atomic E-state index is 6.03. The van der Waals surface area contributed by atoms with Crippen LogP contribution in [0, 0.1) is 0 Å². The molecule has 0 spiro atoms. The van der Waals surface area contributed by atoms with Crippen LogP contribution in [0.2, 0.25) is 0 Å². The zero-order chi connectivity index (χ0) is 30.4. The molecule has 1 aromatic heterocycles. The molecule has 0 bridgehead atoms. The van der Waals surface area contributed by atoms with Crippen molar-refractivity contribution in [1.29, 1.82) is 0 Å². The Labute approximate surface area is 251 Å². The molecule has 0 N–H and O–H groups in total. The number of methoxy groups -OCH3 is 4. The van der Waals surface area contributed by atoms with Gasteiger partial charge in [0.15, 0.2) is 0 Å². The maximum Gasteiger partial charge on any atom is 0.132 e. The number of ether oxygens (including phenoxy) is 4. The molecule has 6 heteroatoms. The topological polar surface area (TPSA) is 41.9 Å². The summed E-state index contributed by atoms with van der Waals surface area (Å²) in [5.74, 6) is 3.00. The van der Waals surface area contributed by atoms with Gasteiger partial charge in [-0.1, -0.05) is 65.8 Å². The molecule has 220 valence electrons. The number of nitrogens with zero attached hydrogens (tertiary/aromatic N) is 1. The number of hydrogen-bond acceptors (Lipinski definition) is 4. The molecule has 5 rings (SSSR count). The van der Waals surface area contributed by atoms with Gasteiger partial charge < -0.3 is 23.3 Å². The van der Waals surface area contributed by atoms with E-state index in [1.807, 2.05) is 36.4 Å². The van der Waals surface area contributed by atoms with Crippen molar-refractivity contribution in [2.75, 3.05) is 28.4 Å². The smallest absolute Gasteiger partial charge is 0.132 e. The Bertz CT molecular complexity index is 1590. The fourth-order valence-electron chi connectivity index (χ4n) is 5.54. The number of rotatable bonds is 7. The van der Waals surface area contributed by atoms with Crippen molar-refractivity contribution in [3.63, 3.8) is 0 Å². The van der Waals surface area contributed by atoms with Crippen LogP contribution in [0.4, 0.5) is 0 Å². The van der Waals surface area contributed by atoms with Gasteiger partial charge in [-0.2, -0.15) is 0 Å². The minimum absolute atomic E-state index is 0.00667. The highest BCUT2D eigenvalue weighted by Gasteiger charge is 2.33. The van der Waals surface area contributed by atoms with Gasteiger partial charge in [0.1, 0.15) is 23.0 Å². The molecule has 0 saturated carbocycles. The molecule has 0 aliphatic rings.